The molecule has 4 aliphatic carbocycles. The molecular formula is C22H34O3. The first-order chi connectivity index (χ1) is 12.2. The van der Waals surface area contributed by atoms with Gasteiger partial charge in [0, 0.05) is 0 Å². The van der Waals surface area contributed by atoms with E-state index in [1.807, 2.05) is 0 Å². The van der Waals surface area contributed by atoms with E-state index in [0.717, 1.165) is 38.5 Å². The lowest BCUT2D eigenvalue weighted by atomic mass is 9.65. The van der Waals surface area contributed by atoms with E-state index in [0.29, 0.717) is 23.7 Å². The molecule has 6 atom stereocenters. The highest BCUT2D eigenvalue weighted by Gasteiger charge is 2.43. The number of ether oxygens (including phenoxy) is 1. The molecule has 4 fully saturated rings. The van der Waals surface area contributed by atoms with Gasteiger partial charge in [0.2, 0.25) is 0 Å². The van der Waals surface area contributed by atoms with E-state index < -0.39 is 0 Å². The van der Waals surface area contributed by atoms with Crippen LogP contribution in [0.1, 0.15) is 89.9 Å². The summed E-state index contributed by atoms with van der Waals surface area (Å²) in [5.41, 5.74) is 0. The van der Waals surface area contributed by atoms with Gasteiger partial charge in [-0.3, -0.25) is 9.59 Å². The van der Waals surface area contributed by atoms with E-state index in [1.54, 1.807) is 0 Å². The minimum Gasteiger partial charge on any atom is -0.393 e. The van der Waals surface area contributed by atoms with Crippen LogP contribution in [0.5, 0.6) is 0 Å². The van der Waals surface area contributed by atoms with Crippen molar-refractivity contribution >= 4 is 11.9 Å². The predicted molar refractivity (Wildman–Crippen MR) is 96.7 cm³/mol. The summed E-state index contributed by atoms with van der Waals surface area (Å²) in [7, 11) is 0. The predicted octanol–water partition coefficient (Wildman–Crippen LogP) is 5.27. The minimum absolute atomic E-state index is 0.00579. The van der Waals surface area contributed by atoms with Gasteiger partial charge in [0.25, 0.3) is 0 Å². The van der Waals surface area contributed by atoms with E-state index >= 15 is 0 Å². The van der Waals surface area contributed by atoms with Gasteiger partial charge in [0.15, 0.2) is 0 Å². The first kappa shape index (κ1) is 17.5. The van der Waals surface area contributed by atoms with Crippen LogP contribution < -0.4 is 0 Å². The maximum atomic E-state index is 12.8. The molecule has 3 nitrogen and oxygen atoms in total. The number of carbonyl (C=O) groups is 2. The molecule has 0 radical (unpaired) electrons. The van der Waals surface area contributed by atoms with Crippen LogP contribution in [0.3, 0.4) is 0 Å². The Bertz CT molecular complexity index is 452. The molecule has 0 spiro atoms. The molecular weight excluding hydrogens is 312 g/mol. The first-order valence-corrected chi connectivity index (χ1v) is 11.0. The van der Waals surface area contributed by atoms with E-state index in [2.05, 4.69) is 0 Å². The van der Waals surface area contributed by atoms with Crippen molar-refractivity contribution in [1.82, 2.24) is 0 Å². The standard InChI is InChI=1S/C22H34O3/c23-21(19-13-5-9-15-7-1-3-11-17(15)19)25-22(24)20-14-6-10-16-8-2-4-12-18(16)20/h15-20H,1-14H2. The van der Waals surface area contributed by atoms with Crippen molar-refractivity contribution in [3.63, 3.8) is 0 Å². The van der Waals surface area contributed by atoms with Crippen molar-refractivity contribution < 1.29 is 14.3 Å². The third-order valence-electron chi connectivity index (χ3n) is 7.96. The molecule has 0 bridgehead atoms. The third kappa shape index (κ3) is 3.66. The Hall–Kier alpha value is -0.860. The Labute approximate surface area is 152 Å². The van der Waals surface area contributed by atoms with Crippen LogP contribution in [0.15, 0.2) is 0 Å². The third-order valence-corrected chi connectivity index (χ3v) is 7.96. The van der Waals surface area contributed by atoms with Crippen LogP contribution in [0, 0.1) is 35.5 Å². The SMILES string of the molecule is O=C(OC(=O)C1CCCC2CCCCC21)C1CCCC2CCCCC21. The molecule has 140 valence electrons. The molecule has 0 aromatic carbocycles. The maximum Gasteiger partial charge on any atom is 0.316 e. The molecule has 6 unspecified atom stereocenters. The number of hydrogen-bond donors (Lipinski definition) is 0. The number of hydrogen-bond acceptors (Lipinski definition) is 3. The van der Waals surface area contributed by atoms with Crippen molar-refractivity contribution in [3.05, 3.63) is 0 Å². The van der Waals surface area contributed by atoms with Gasteiger partial charge in [0.1, 0.15) is 0 Å². The fourth-order valence-electron chi connectivity index (χ4n) is 6.71. The van der Waals surface area contributed by atoms with Crippen molar-refractivity contribution in [2.45, 2.75) is 89.9 Å². The zero-order valence-corrected chi connectivity index (χ0v) is 15.6. The molecule has 0 saturated heterocycles. The smallest absolute Gasteiger partial charge is 0.316 e. The largest absolute Gasteiger partial charge is 0.393 e. The van der Waals surface area contributed by atoms with Gasteiger partial charge in [-0.15, -0.1) is 0 Å². The van der Waals surface area contributed by atoms with E-state index in [9.17, 15) is 9.59 Å². The molecule has 4 aliphatic rings. The number of fused-ring (bicyclic) bond motifs is 2. The quantitative estimate of drug-likeness (QED) is 0.505. The highest BCUT2D eigenvalue weighted by Crippen LogP contribution is 2.46. The monoisotopic (exact) mass is 346 g/mol. The molecule has 0 heterocycles. The molecule has 0 aliphatic heterocycles. The Morgan fingerprint density at radius 1 is 0.520 bits per heavy atom. The molecule has 4 saturated carbocycles. The van der Waals surface area contributed by atoms with Gasteiger partial charge < -0.3 is 4.74 Å². The van der Waals surface area contributed by atoms with E-state index in [4.69, 9.17) is 4.74 Å². The van der Waals surface area contributed by atoms with Gasteiger partial charge >= 0.3 is 11.9 Å². The molecule has 0 N–H and O–H groups in total. The number of carbonyl (C=O) groups excluding carboxylic acids is 2. The number of esters is 2. The molecule has 0 aromatic heterocycles. The Kier molecular flexibility index (Phi) is 5.47. The summed E-state index contributed by atoms with van der Waals surface area (Å²) in [6, 6.07) is 0. The van der Waals surface area contributed by atoms with Gasteiger partial charge in [0.05, 0.1) is 11.8 Å². The first-order valence-electron chi connectivity index (χ1n) is 11.0. The van der Waals surface area contributed by atoms with Crippen molar-refractivity contribution in [2.75, 3.05) is 0 Å². The van der Waals surface area contributed by atoms with Crippen molar-refractivity contribution in [1.29, 1.82) is 0 Å². The summed E-state index contributed by atoms with van der Waals surface area (Å²) in [4.78, 5) is 25.6. The number of rotatable bonds is 2. The van der Waals surface area contributed by atoms with Crippen LogP contribution in [0.25, 0.3) is 0 Å². The zero-order chi connectivity index (χ0) is 17.2. The summed E-state index contributed by atoms with van der Waals surface area (Å²) >= 11 is 0. The summed E-state index contributed by atoms with van der Waals surface area (Å²) in [5.74, 6) is 2.00. The van der Waals surface area contributed by atoms with Gasteiger partial charge in [-0.25, -0.2) is 0 Å². The molecule has 25 heavy (non-hydrogen) atoms. The van der Waals surface area contributed by atoms with Gasteiger partial charge in [-0.05, 0) is 49.4 Å². The summed E-state index contributed by atoms with van der Waals surface area (Å²) < 4.78 is 5.55. The van der Waals surface area contributed by atoms with Crippen LogP contribution in [-0.4, -0.2) is 11.9 Å². The summed E-state index contributed by atoms with van der Waals surface area (Å²) in [6.07, 6.45) is 16.6. The second kappa shape index (κ2) is 7.80. The normalized spacial score (nSPS) is 41.3. The highest BCUT2D eigenvalue weighted by molar-refractivity contribution is 5.88. The lowest BCUT2D eigenvalue weighted by Gasteiger charge is -2.41. The van der Waals surface area contributed by atoms with Crippen molar-refractivity contribution in [2.24, 2.45) is 35.5 Å². The van der Waals surface area contributed by atoms with Gasteiger partial charge in [-0.1, -0.05) is 64.2 Å². The fraction of sp³-hybridized carbons (Fsp3) is 0.909. The second-order valence-corrected chi connectivity index (χ2v) is 9.23. The van der Waals surface area contributed by atoms with Crippen LogP contribution >= 0.6 is 0 Å². The maximum absolute atomic E-state index is 12.8. The molecule has 4 rings (SSSR count). The Morgan fingerprint density at radius 3 is 1.40 bits per heavy atom. The molecule has 0 amide bonds. The Morgan fingerprint density at radius 2 is 0.920 bits per heavy atom. The van der Waals surface area contributed by atoms with E-state index in [-0.39, 0.29) is 23.8 Å². The lowest BCUT2D eigenvalue weighted by molar-refractivity contribution is -0.171. The van der Waals surface area contributed by atoms with Crippen molar-refractivity contribution in [3.8, 4) is 0 Å². The summed E-state index contributed by atoms with van der Waals surface area (Å²) in [5, 5.41) is 0. The lowest BCUT2D eigenvalue weighted by Crippen LogP contribution is -2.40. The van der Waals surface area contributed by atoms with Crippen LogP contribution in [-0.2, 0) is 14.3 Å². The Balaban J connectivity index is 1.38. The topological polar surface area (TPSA) is 43.4 Å². The average Bonchev–Trinajstić information content (AvgIpc) is 2.67. The second-order valence-electron chi connectivity index (χ2n) is 9.23. The van der Waals surface area contributed by atoms with Gasteiger partial charge in [-0.2, -0.15) is 0 Å². The minimum atomic E-state index is -0.181. The van der Waals surface area contributed by atoms with E-state index in [1.165, 1.54) is 51.4 Å². The highest BCUT2D eigenvalue weighted by atomic mass is 16.6. The zero-order valence-electron chi connectivity index (χ0n) is 15.6. The summed E-state index contributed by atoms with van der Waals surface area (Å²) in [6.45, 7) is 0. The molecule has 3 heteroatoms. The average molecular weight is 347 g/mol. The molecule has 0 aromatic rings. The fourth-order valence-corrected chi connectivity index (χ4v) is 6.71. The van der Waals surface area contributed by atoms with Crippen LogP contribution in [0.2, 0.25) is 0 Å². The van der Waals surface area contributed by atoms with Crippen LogP contribution in [0.4, 0.5) is 0 Å².